The third kappa shape index (κ3) is 2.99. The van der Waals surface area contributed by atoms with Crippen molar-refractivity contribution in [3.05, 3.63) is 29.3 Å². The lowest BCUT2D eigenvalue weighted by Crippen LogP contribution is -2.42. The average Bonchev–Trinajstić information content (AvgIpc) is 2.27. The van der Waals surface area contributed by atoms with Crippen LogP contribution in [0, 0.1) is 6.92 Å². The Morgan fingerprint density at radius 1 is 1.35 bits per heavy atom. The molecule has 1 aromatic carbocycles. The fraction of sp³-hybridized carbons (Fsp3) is 0.571. The van der Waals surface area contributed by atoms with E-state index in [9.17, 15) is 5.11 Å². The van der Waals surface area contributed by atoms with Gasteiger partial charge in [-0.1, -0.05) is 12.1 Å². The van der Waals surface area contributed by atoms with Crippen molar-refractivity contribution in [1.82, 2.24) is 4.90 Å². The lowest BCUT2D eigenvalue weighted by molar-refractivity contribution is -0.00732. The van der Waals surface area contributed by atoms with Gasteiger partial charge in [-0.05, 0) is 43.9 Å². The molecule has 1 heterocycles. The van der Waals surface area contributed by atoms with Gasteiger partial charge in [-0.2, -0.15) is 0 Å². The summed E-state index contributed by atoms with van der Waals surface area (Å²) in [7, 11) is 0. The summed E-state index contributed by atoms with van der Waals surface area (Å²) in [6.45, 7) is 6.86. The van der Waals surface area contributed by atoms with Crippen LogP contribution in [0.25, 0.3) is 0 Å². The second-order valence-corrected chi connectivity index (χ2v) is 5.40. The van der Waals surface area contributed by atoms with Crippen LogP contribution < -0.4 is 5.73 Å². The molecule has 94 valence electrons. The number of hydrogen-bond acceptors (Lipinski definition) is 3. The van der Waals surface area contributed by atoms with Gasteiger partial charge in [0.1, 0.15) is 0 Å². The molecule has 2 rings (SSSR count). The van der Waals surface area contributed by atoms with Gasteiger partial charge in [0.15, 0.2) is 0 Å². The van der Waals surface area contributed by atoms with E-state index in [2.05, 4.69) is 17.9 Å². The molecule has 0 aromatic heterocycles. The van der Waals surface area contributed by atoms with Crippen LogP contribution in [0.2, 0.25) is 0 Å². The largest absolute Gasteiger partial charge is 0.399 e. The van der Waals surface area contributed by atoms with Crippen molar-refractivity contribution in [3.63, 3.8) is 0 Å². The first kappa shape index (κ1) is 12.4. The standard InChI is InChI=1S/C14H22N2O/c1-11-12(4-3-5-13(11)15)10-16-8-6-14(2,17)7-9-16/h3-5,17H,6-10,15H2,1-2H3. The predicted molar refractivity (Wildman–Crippen MR) is 70.7 cm³/mol. The number of nitrogen functional groups attached to an aromatic ring is 1. The summed E-state index contributed by atoms with van der Waals surface area (Å²) >= 11 is 0. The summed E-state index contributed by atoms with van der Waals surface area (Å²) in [5.41, 5.74) is 8.79. The van der Waals surface area contributed by atoms with E-state index < -0.39 is 5.60 Å². The fourth-order valence-electron chi connectivity index (χ4n) is 2.31. The Balaban J connectivity index is 2.00. The van der Waals surface area contributed by atoms with Gasteiger partial charge in [0, 0.05) is 25.3 Å². The molecule has 17 heavy (non-hydrogen) atoms. The van der Waals surface area contributed by atoms with Crippen molar-refractivity contribution in [2.75, 3.05) is 18.8 Å². The number of nitrogens with two attached hydrogens (primary N) is 1. The SMILES string of the molecule is Cc1c(N)cccc1CN1CCC(C)(O)CC1. The molecule has 1 aliphatic rings. The Morgan fingerprint density at radius 3 is 2.65 bits per heavy atom. The van der Waals surface area contributed by atoms with Gasteiger partial charge >= 0.3 is 0 Å². The summed E-state index contributed by atoms with van der Waals surface area (Å²) in [4.78, 5) is 2.39. The molecule has 3 N–H and O–H groups in total. The van der Waals surface area contributed by atoms with Crippen molar-refractivity contribution in [3.8, 4) is 0 Å². The normalized spacial score (nSPS) is 20.4. The first-order chi connectivity index (χ1) is 7.98. The van der Waals surface area contributed by atoms with E-state index in [0.29, 0.717) is 0 Å². The first-order valence-electron chi connectivity index (χ1n) is 6.27. The maximum Gasteiger partial charge on any atom is 0.0644 e. The second kappa shape index (κ2) is 4.67. The van der Waals surface area contributed by atoms with Gasteiger partial charge in [-0.25, -0.2) is 0 Å². The second-order valence-electron chi connectivity index (χ2n) is 5.40. The predicted octanol–water partition coefficient (Wildman–Crippen LogP) is 1.92. The van der Waals surface area contributed by atoms with E-state index in [0.717, 1.165) is 38.2 Å². The number of anilines is 1. The molecule has 1 aromatic rings. The fourth-order valence-corrected chi connectivity index (χ4v) is 2.31. The third-order valence-electron chi connectivity index (χ3n) is 3.82. The zero-order chi connectivity index (χ0) is 12.5. The van der Waals surface area contributed by atoms with Crippen LogP contribution >= 0.6 is 0 Å². The lowest BCUT2D eigenvalue weighted by atomic mass is 9.93. The van der Waals surface area contributed by atoms with E-state index in [4.69, 9.17) is 5.73 Å². The van der Waals surface area contributed by atoms with Crippen LogP contribution in [0.3, 0.4) is 0 Å². The molecule has 0 spiro atoms. The lowest BCUT2D eigenvalue weighted by Gasteiger charge is -2.36. The maximum absolute atomic E-state index is 9.91. The number of nitrogens with zero attached hydrogens (tertiary/aromatic N) is 1. The molecule has 3 heteroatoms. The Hall–Kier alpha value is -1.06. The highest BCUT2D eigenvalue weighted by Gasteiger charge is 2.27. The van der Waals surface area contributed by atoms with Crippen molar-refractivity contribution in [2.45, 2.75) is 38.8 Å². The molecular formula is C14H22N2O. The number of rotatable bonds is 2. The molecule has 0 unspecified atom stereocenters. The number of benzene rings is 1. The molecule has 0 aliphatic carbocycles. The van der Waals surface area contributed by atoms with Crippen LogP contribution in [-0.2, 0) is 6.54 Å². The molecular weight excluding hydrogens is 212 g/mol. The van der Waals surface area contributed by atoms with Crippen molar-refractivity contribution in [1.29, 1.82) is 0 Å². The Kier molecular flexibility index (Phi) is 3.40. The number of hydrogen-bond donors (Lipinski definition) is 2. The quantitative estimate of drug-likeness (QED) is 0.769. The number of piperidine rings is 1. The molecule has 1 aliphatic heterocycles. The average molecular weight is 234 g/mol. The summed E-state index contributed by atoms with van der Waals surface area (Å²) in [5, 5.41) is 9.91. The van der Waals surface area contributed by atoms with Gasteiger partial charge in [0.25, 0.3) is 0 Å². The summed E-state index contributed by atoms with van der Waals surface area (Å²) in [5.74, 6) is 0. The van der Waals surface area contributed by atoms with E-state index >= 15 is 0 Å². The van der Waals surface area contributed by atoms with Gasteiger partial charge in [0.2, 0.25) is 0 Å². The molecule has 0 amide bonds. The van der Waals surface area contributed by atoms with Crippen molar-refractivity contribution >= 4 is 5.69 Å². The first-order valence-corrected chi connectivity index (χ1v) is 6.27. The smallest absolute Gasteiger partial charge is 0.0644 e. The minimum atomic E-state index is -0.471. The summed E-state index contributed by atoms with van der Waals surface area (Å²) in [6, 6.07) is 6.09. The minimum absolute atomic E-state index is 0.471. The topological polar surface area (TPSA) is 49.5 Å². The zero-order valence-electron chi connectivity index (χ0n) is 10.7. The maximum atomic E-state index is 9.91. The highest BCUT2D eigenvalue weighted by atomic mass is 16.3. The van der Waals surface area contributed by atoms with E-state index in [1.54, 1.807) is 0 Å². The van der Waals surface area contributed by atoms with Crippen LogP contribution in [0.1, 0.15) is 30.9 Å². The molecule has 0 bridgehead atoms. The molecule has 3 nitrogen and oxygen atoms in total. The van der Waals surface area contributed by atoms with Crippen molar-refractivity contribution in [2.24, 2.45) is 0 Å². The molecule has 1 fully saturated rings. The molecule has 0 radical (unpaired) electrons. The van der Waals surface area contributed by atoms with Crippen LogP contribution in [0.4, 0.5) is 5.69 Å². The number of aliphatic hydroxyl groups is 1. The summed E-state index contributed by atoms with van der Waals surface area (Å²) in [6.07, 6.45) is 1.71. The summed E-state index contributed by atoms with van der Waals surface area (Å²) < 4.78 is 0. The van der Waals surface area contributed by atoms with E-state index in [-0.39, 0.29) is 0 Å². The van der Waals surface area contributed by atoms with Crippen LogP contribution in [0.15, 0.2) is 18.2 Å². The molecule has 0 atom stereocenters. The van der Waals surface area contributed by atoms with Gasteiger partial charge < -0.3 is 10.8 Å². The minimum Gasteiger partial charge on any atom is -0.399 e. The number of likely N-dealkylation sites (tertiary alicyclic amines) is 1. The zero-order valence-corrected chi connectivity index (χ0v) is 10.7. The highest BCUT2D eigenvalue weighted by Crippen LogP contribution is 2.24. The highest BCUT2D eigenvalue weighted by molar-refractivity contribution is 5.49. The van der Waals surface area contributed by atoms with Crippen LogP contribution in [-0.4, -0.2) is 28.7 Å². The van der Waals surface area contributed by atoms with E-state index in [1.165, 1.54) is 11.1 Å². The van der Waals surface area contributed by atoms with E-state index in [1.807, 2.05) is 19.1 Å². The van der Waals surface area contributed by atoms with Crippen LogP contribution in [0.5, 0.6) is 0 Å². The Labute approximate surface area is 103 Å². The van der Waals surface area contributed by atoms with Gasteiger partial charge in [-0.15, -0.1) is 0 Å². The third-order valence-corrected chi connectivity index (χ3v) is 3.82. The Morgan fingerprint density at radius 2 is 2.00 bits per heavy atom. The Bertz CT molecular complexity index is 391. The molecule has 1 saturated heterocycles. The monoisotopic (exact) mass is 234 g/mol. The van der Waals surface area contributed by atoms with Gasteiger partial charge in [0.05, 0.1) is 5.60 Å². The van der Waals surface area contributed by atoms with Gasteiger partial charge in [-0.3, -0.25) is 4.90 Å². The molecule has 0 saturated carbocycles. The van der Waals surface area contributed by atoms with Crippen molar-refractivity contribution < 1.29 is 5.11 Å².